The lowest BCUT2D eigenvalue weighted by atomic mass is 9.95. The number of hydrogen-bond acceptors (Lipinski definition) is 6. The zero-order chi connectivity index (χ0) is 17.9. The first-order chi connectivity index (χ1) is 11.3. The van der Waals surface area contributed by atoms with E-state index in [1.807, 2.05) is 0 Å². The normalized spacial score (nSPS) is 11.7. The third-order valence-electron chi connectivity index (χ3n) is 3.43. The summed E-state index contributed by atoms with van der Waals surface area (Å²) in [5.41, 5.74) is -1.81. The SMILES string of the molecule is O=C(O)c1cc([N+](=O)[O-])cc([N+](=O)[O-])c1CC(O)c1ccccc1. The predicted molar refractivity (Wildman–Crippen MR) is 81.8 cm³/mol. The summed E-state index contributed by atoms with van der Waals surface area (Å²) in [7, 11) is 0. The molecule has 9 heteroatoms. The van der Waals surface area contributed by atoms with Gasteiger partial charge in [0.2, 0.25) is 0 Å². The summed E-state index contributed by atoms with van der Waals surface area (Å²) in [6.45, 7) is 0. The number of aromatic carboxylic acids is 1. The number of rotatable bonds is 6. The van der Waals surface area contributed by atoms with Crippen LogP contribution in [0.25, 0.3) is 0 Å². The summed E-state index contributed by atoms with van der Waals surface area (Å²) < 4.78 is 0. The van der Waals surface area contributed by atoms with Crippen molar-refractivity contribution in [1.82, 2.24) is 0 Å². The van der Waals surface area contributed by atoms with Crippen LogP contribution in [0.3, 0.4) is 0 Å². The van der Waals surface area contributed by atoms with E-state index in [4.69, 9.17) is 0 Å². The van der Waals surface area contributed by atoms with Crippen LogP contribution in [-0.4, -0.2) is 26.0 Å². The minimum Gasteiger partial charge on any atom is -0.478 e. The standard InChI is InChI=1S/C15H12N2O7/c18-14(9-4-2-1-3-5-9)8-11-12(15(19)20)6-10(16(21)22)7-13(11)17(23)24/h1-7,14,18H,8H2,(H,19,20). The summed E-state index contributed by atoms with van der Waals surface area (Å²) in [6, 6.07) is 9.64. The van der Waals surface area contributed by atoms with Crippen molar-refractivity contribution in [3.8, 4) is 0 Å². The maximum Gasteiger partial charge on any atom is 0.336 e. The molecule has 2 N–H and O–H groups in total. The smallest absolute Gasteiger partial charge is 0.336 e. The molecule has 1 unspecified atom stereocenters. The summed E-state index contributed by atoms with van der Waals surface area (Å²) in [5, 5.41) is 41.5. The number of carbonyl (C=O) groups is 1. The van der Waals surface area contributed by atoms with Gasteiger partial charge in [-0.25, -0.2) is 4.79 Å². The van der Waals surface area contributed by atoms with E-state index in [1.165, 1.54) is 0 Å². The first-order valence-electron chi connectivity index (χ1n) is 6.73. The second kappa shape index (κ2) is 6.84. The molecule has 0 aliphatic rings. The monoisotopic (exact) mass is 332 g/mol. The first-order valence-corrected chi connectivity index (χ1v) is 6.73. The summed E-state index contributed by atoms with van der Waals surface area (Å²) in [4.78, 5) is 31.6. The molecule has 124 valence electrons. The zero-order valence-electron chi connectivity index (χ0n) is 12.2. The molecule has 0 saturated heterocycles. The Labute approximate surface area is 135 Å². The van der Waals surface area contributed by atoms with Crippen LogP contribution in [0.15, 0.2) is 42.5 Å². The Balaban J connectivity index is 2.56. The molecule has 0 fully saturated rings. The molecule has 2 rings (SSSR count). The zero-order valence-corrected chi connectivity index (χ0v) is 12.2. The van der Waals surface area contributed by atoms with Gasteiger partial charge in [0.25, 0.3) is 11.4 Å². The minimum atomic E-state index is -1.54. The van der Waals surface area contributed by atoms with E-state index >= 15 is 0 Å². The summed E-state index contributed by atoms with van der Waals surface area (Å²) >= 11 is 0. The van der Waals surface area contributed by atoms with Crippen molar-refractivity contribution in [2.45, 2.75) is 12.5 Å². The van der Waals surface area contributed by atoms with E-state index in [0.29, 0.717) is 11.6 Å². The Morgan fingerprint density at radius 3 is 2.21 bits per heavy atom. The molecule has 2 aromatic rings. The van der Waals surface area contributed by atoms with Crippen molar-refractivity contribution in [1.29, 1.82) is 0 Å². The van der Waals surface area contributed by atoms with Crippen LogP contribution in [0.4, 0.5) is 11.4 Å². The number of nitrogens with zero attached hydrogens (tertiary/aromatic N) is 2. The van der Waals surface area contributed by atoms with E-state index < -0.39 is 38.9 Å². The maximum atomic E-state index is 11.4. The highest BCUT2D eigenvalue weighted by Crippen LogP contribution is 2.32. The van der Waals surface area contributed by atoms with Gasteiger partial charge in [0.15, 0.2) is 0 Å². The molecule has 0 radical (unpaired) electrons. The van der Waals surface area contributed by atoms with E-state index in [0.717, 1.165) is 6.07 Å². The number of hydrogen-bond donors (Lipinski definition) is 2. The van der Waals surface area contributed by atoms with E-state index in [1.54, 1.807) is 30.3 Å². The van der Waals surface area contributed by atoms with Gasteiger partial charge in [-0.3, -0.25) is 20.2 Å². The molecule has 0 spiro atoms. The minimum absolute atomic E-state index is 0.269. The quantitative estimate of drug-likeness (QED) is 0.610. The van der Waals surface area contributed by atoms with Gasteiger partial charge < -0.3 is 10.2 Å². The molecule has 0 amide bonds. The van der Waals surface area contributed by atoms with Gasteiger partial charge in [-0.05, 0) is 5.56 Å². The lowest BCUT2D eigenvalue weighted by Gasteiger charge is -2.13. The summed E-state index contributed by atoms with van der Waals surface area (Å²) in [6.07, 6.45) is -1.55. The van der Waals surface area contributed by atoms with Crippen LogP contribution in [0.2, 0.25) is 0 Å². The molecule has 0 saturated carbocycles. The van der Waals surface area contributed by atoms with Gasteiger partial charge in [-0.2, -0.15) is 0 Å². The van der Waals surface area contributed by atoms with E-state index in [-0.39, 0.29) is 12.0 Å². The molecule has 0 aliphatic carbocycles. The highest BCUT2D eigenvalue weighted by Gasteiger charge is 2.28. The highest BCUT2D eigenvalue weighted by molar-refractivity contribution is 5.92. The molecule has 0 bridgehead atoms. The number of nitro groups is 2. The molecule has 2 aromatic carbocycles. The van der Waals surface area contributed by atoms with Crippen molar-refractivity contribution in [2.75, 3.05) is 0 Å². The van der Waals surface area contributed by atoms with Gasteiger partial charge in [-0.1, -0.05) is 30.3 Å². The number of aliphatic hydroxyl groups excluding tert-OH is 1. The third-order valence-corrected chi connectivity index (χ3v) is 3.43. The average molecular weight is 332 g/mol. The van der Waals surface area contributed by atoms with E-state index in [2.05, 4.69) is 0 Å². The molecule has 1 atom stereocenters. The lowest BCUT2D eigenvalue weighted by molar-refractivity contribution is -0.394. The van der Waals surface area contributed by atoms with Crippen LogP contribution >= 0.6 is 0 Å². The van der Waals surface area contributed by atoms with Crippen LogP contribution in [0, 0.1) is 20.2 Å². The first kappa shape index (κ1) is 17.0. The van der Waals surface area contributed by atoms with Gasteiger partial charge in [0, 0.05) is 18.1 Å². The van der Waals surface area contributed by atoms with Crippen LogP contribution in [0.1, 0.15) is 27.6 Å². The van der Waals surface area contributed by atoms with Crippen molar-refractivity contribution < 1.29 is 24.9 Å². The largest absolute Gasteiger partial charge is 0.478 e. The Hall–Kier alpha value is -3.33. The fraction of sp³-hybridized carbons (Fsp3) is 0.133. The molecule has 9 nitrogen and oxygen atoms in total. The Morgan fingerprint density at radius 2 is 1.71 bits per heavy atom. The fourth-order valence-electron chi connectivity index (χ4n) is 2.30. The number of benzene rings is 2. The Kier molecular flexibility index (Phi) is 4.85. The second-order valence-electron chi connectivity index (χ2n) is 4.94. The molecule has 0 aliphatic heterocycles. The van der Waals surface area contributed by atoms with Crippen molar-refractivity contribution >= 4 is 17.3 Å². The number of non-ortho nitro benzene ring substituents is 1. The van der Waals surface area contributed by atoms with Gasteiger partial charge in [-0.15, -0.1) is 0 Å². The lowest BCUT2D eigenvalue weighted by Crippen LogP contribution is -2.11. The molecular weight excluding hydrogens is 320 g/mol. The second-order valence-corrected chi connectivity index (χ2v) is 4.94. The number of carboxylic acid groups (broad SMARTS) is 1. The molecule has 24 heavy (non-hydrogen) atoms. The van der Waals surface area contributed by atoms with Crippen LogP contribution in [-0.2, 0) is 6.42 Å². The fourth-order valence-corrected chi connectivity index (χ4v) is 2.30. The topological polar surface area (TPSA) is 144 Å². The number of carboxylic acids is 1. The number of nitro benzene ring substituents is 2. The van der Waals surface area contributed by atoms with Crippen molar-refractivity contribution in [3.05, 3.63) is 79.4 Å². The molecular formula is C15H12N2O7. The van der Waals surface area contributed by atoms with Gasteiger partial charge in [0.05, 0.1) is 27.6 Å². The van der Waals surface area contributed by atoms with Gasteiger partial charge in [0.1, 0.15) is 0 Å². The average Bonchev–Trinajstić information content (AvgIpc) is 2.54. The number of aliphatic hydroxyl groups is 1. The predicted octanol–water partition coefficient (Wildman–Crippen LogP) is 2.48. The van der Waals surface area contributed by atoms with Crippen molar-refractivity contribution in [3.63, 3.8) is 0 Å². The maximum absolute atomic E-state index is 11.4. The van der Waals surface area contributed by atoms with Crippen molar-refractivity contribution in [2.24, 2.45) is 0 Å². The Bertz CT molecular complexity index is 770. The molecule has 0 heterocycles. The van der Waals surface area contributed by atoms with E-state index in [9.17, 15) is 35.2 Å². The Morgan fingerprint density at radius 1 is 1.08 bits per heavy atom. The van der Waals surface area contributed by atoms with Crippen LogP contribution in [0.5, 0.6) is 0 Å². The molecule has 0 aromatic heterocycles. The van der Waals surface area contributed by atoms with Crippen LogP contribution < -0.4 is 0 Å². The highest BCUT2D eigenvalue weighted by atomic mass is 16.6. The van der Waals surface area contributed by atoms with Gasteiger partial charge >= 0.3 is 5.97 Å². The third kappa shape index (κ3) is 3.52. The summed E-state index contributed by atoms with van der Waals surface area (Å²) in [5.74, 6) is -1.54.